The molecule has 2 aliphatic rings. The van der Waals surface area contributed by atoms with E-state index in [9.17, 15) is 9.59 Å². The lowest BCUT2D eigenvalue weighted by molar-refractivity contribution is -0.139. The highest BCUT2D eigenvalue weighted by molar-refractivity contribution is 5.82. The first-order valence-corrected chi connectivity index (χ1v) is 6.55. The summed E-state index contributed by atoms with van der Waals surface area (Å²) in [7, 11) is 0. The van der Waals surface area contributed by atoms with E-state index in [1.54, 1.807) is 11.8 Å². The van der Waals surface area contributed by atoms with Gasteiger partial charge in [0, 0.05) is 6.54 Å². The fourth-order valence-electron chi connectivity index (χ4n) is 2.75. The van der Waals surface area contributed by atoms with E-state index in [1.807, 2.05) is 0 Å². The number of nitrogens with zero attached hydrogens (tertiary/aromatic N) is 1. The van der Waals surface area contributed by atoms with E-state index in [4.69, 9.17) is 9.84 Å². The van der Waals surface area contributed by atoms with Crippen LogP contribution in [0.5, 0.6) is 0 Å². The Balaban J connectivity index is 1.97. The van der Waals surface area contributed by atoms with Crippen molar-refractivity contribution >= 4 is 12.0 Å². The van der Waals surface area contributed by atoms with Crippen LogP contribution >= 0.6 is 0 Å². The number of carbonyl (C=O) groups is 2. The topological polar surface area (TPSA) is 78.9 Å². The summed E-state index contributed by atoms with van der Waals surface area (Å²) < 4.78 is 5.62. The van der Waals surface area contributed by atoms with Crippen LogP contribution in [-0.2, 0) is 9.53 Å². The highest BCUT2D eigenvalue weighted by atomic mass is 16.5. The maximum atomic E-state index is 12.1. The Hall–Kier alpha value is -1.30. The lowest BCUT2D eigenvalue weighted by atomic mass is 10.1. The van der Waals surface area contributed by atoms with Crippen molar-refractivity contribution in [1.82, 2.24) is 10.2 Å². The third-order valence-electron chi connectivity index (χ3n) is 3.75. The van der Waals surface area contributed by atoms with Gasteiger partial charge in [-0.15, -0.1) is 0 Å². The van der Waals surface area contributed by atoms with Crippen molar-refractivity contribution in [2.24, 2.45) is 0 Å². The number of ether oxygens (including phenoxy) is 1. The SMILES string of the molecule is CC[C@H](NC(=O)N1CCOC2CCCC21)C(=O)O. The summed E-state index contributed by atoms with van der Waals surface area (Å²) in [6, 6.07) is -0.963. The third-order valence-corrected chi connectivity index (χ3v) is 3.75. The molecule has 1 saturated carbocycles. The molecule has 102 valence electrons. The Bertz CT molecular complexity index is 334. The van der Waals surface area contributed by atoms with Crippen molar-refractivity contribution in [3.63, 3.8) is 0 Å². The molecular weight excluding hydrogens is 236 g/mol. The molecule has 1 aliphatic heterocycles. The predicted octanol–water partition coefficient (Wildman–Crippen LogP) is 0.812. The molecule has 6 heteroatoms. The van der Waals surface area contributed by atoms with Crippen molar-refractivity contribution < 1.29 is 19.4 Å². The Morgan fingerprint density at radius 2 is 2.28 bits per heavy atom. The van der Waals surface area contributed by atoms with E-state index in [0.717, 1.165) is 19.3 Å². The second-order valence-corrected chi connectivity index (χ2v) is 4.85. The fourth-order valence-corrected chi connectivity index (χ4v) is 2.75. The summed E-state index contributed by atoms with van der Waals surface area (Å²) >= 11 is 0. The molecule has 1 heterocycles. The largest absolute Gasteiger partial charge is 0.480 e. The number of fused-ring (bicyclic) bond motifs is 1. The summed E-state index contributed by atoms with van der Waals surface area (Å²) in [5, 5.41) is 11.5. The van der Waals surface area contributed by atoms with Crippen LogP contribution < -0.4 is 5.32 Å². The molecule has 2 unspecified atom stereocenters. The van der Waals surface area contributed by atoms with Gasteiger partial charge >= 0.3 is 12.0 Å². The Labute approximate surface area is 106 Å². The number of rotatable bonds is 3. The van der Waals surface area contributed by atoms with Crippen LogP contribution in [0, 0.1) is 0 Å². The minimum Gasteiger partial charge on any atom is -0.480 e. The van der Waals surface area contributed by atoms with Crippen LogP contribution in [0.2, 0.25) is 0 Å². The van der Waals surface area contributed by atoms with Crippen LogP contribution in [0.15, 0.2) is 0 Å². The summed E-state index contributed by atoms with van der Waals surface area (Å²) in [5.74, 6) is -0.984. The maximum Gasteiger partial charge on any atom is 0.326 e. The maximum absolute atomic E-state index is 12.1. The van der Waals surface area contributed by atoms with Gasteiger partial charge in [0.25, 0.3) is 0 Å². The second-order valence-electron chi connectivity index (χ2n) is 4.85. The molecule has 0 aromatic heterocycles. The molecule has 2 fully saturated rings. The van der Waals surface area contributed by atoms with E-state index < -0.39 is 12.0 Å². The van der Waals surface area contributed by atoms with E-state index >= 15 is 0 Å². The minimum absolute atomic E-state index is 0.116. The van der Waals surface area contributed by atoms with Crippen LogP contribution in [0.3, 0.4) is 0 Å². The van der Waals surface area contributed by atoms with E-state index in [0.29, 0.717) is 19.6 Å². The fraction of sp³-hybridized carbons (Fsp3) is 0.833. The number of morpholine rings is 1. The molecule has 3 atom stereocenters. The summed E-state index contributed by atoms with van der Waals surface area (Å²) in [4.78, 5) is 24.8. The quantitative estimate of drug-likeness (QED) is 0.783. The van der Waals surface area contributed by atoms with Crippen molar-refractivity contribution in [2.75, 3.05) is 13.2 Å². The molecule has 0 radical (unpaired) electrons. The Morgan fingerprint density at radius 3 is 2.94 bits per heavy atom. The first-order valence-electron chi connectivity index (χ1n) is 6.55. The lowest BCUT2D eigenvalue weighted by Crippen LogP contribution is -2.56. The van der Waals surface area contributed by atoms with E-state index in [2.05, 4.69) is 5.32 Å². The van der Waals surface area contributed by atoms with Crippen molar-refractivity contribution in [1.29, 1.82) is 0 Å². The predicted molar refractivity (Wildman–Crippen MR) is 64.3 cm³/mol. The number of hydrogen-bond donors (Lipinski definition) is 2. The zero-order chi connectivity index (χ0) is 13.1. The molecular formula is C12H20N2O4. The van der Waals surface area contributed by atoms with Gasteiger partial charge in [-0.2, -0.15) is 0 Å². The molecule has 0 spiro atoms. The summed E-state index contributed by atoms with van der Waals surface area (Å²) in [6.07, 6.45) is 3.52. The van der Waals surface area contributed by atoms with Gasteiger partial charge in [0.15, 0.2) is 0 Å². The smallest absolute Gasteiger partial charge is 0.326 e. The average molecular weight is 256 g/mol. The molecule has 1 aliphatic carbocycles. The third kappa shape index (κ3) is 2.58. The van der Waals surface area contributed by atoms with Crippen LogP contribution in [0.4, 0.5) is 4.79 Å². The first kappa shape index (κ1) is 13.1. The number of nitrogens with one attached hydrogen (secondary N) is 1. The number of hydrogen-bond acceptors (Lipinski definition) is 3. The number of carboxylic acids is 1. The Morgan fingerprint density at radius 1 is 1.50 bits per heavy atom. The number of carbonyl (C=O) groups excluding carboxylic acids is 1. The molecule has 18 heavy (non-hydrogen) atoms. The van der Waals surface area contributed by atoms with E-state index in [1.165, 1.54) is 0 Å². The molecule has 6 nitrogen and oxygen atoms in total. The number of amides is 2. The molecule has 0 aromatic carbocycles. The van der Waals surface area contributed by atoms with Gasteiger partial charge in [0.2, 0.25) is 0 Å². The molecule has 2 N–H and O–H groups in total. The second kappa shape index (κ2) is 5.56. The number of aliphatic carboxylic acids is 1. The molecule has 2 rings (SSSR count). The normalized spacial score (nSPS) is 28.6. The number of carboxylic acid groups (broad SMARTS) is 1. The number of urea groups is 1. The van der Waals surface area contributed by atoms with Gasteiger partial charge in [-0.05, 0) is 25.7 Å². The highest BCUT2D eigenvalue weighted by Gasteiger charge is 2.39. The van der Waals surface area contributed by atoms with Gasteiger partial charge in [0.05, 0.1) is 18.8 Å². The zero-order valence-corrected chi connectivity index (χ0v) is 10.6. The van der Waals surface area contributed by atoms with Crippen molar-refractivity contribution in [3.05, 3.63) is 0 Å². The van der Waals surface area contributed by atoms with Gasteiger partial charge in [0.1, 0.15) is 6.04 Å². The van der Waals surface area contributed by atoms with Gasteiger partial charge < -0.3 is 20.1 Å². The monoisotopic (exact) mass is 256 g/mol. The lowest BCUT2D eigenvalue weighted by Gasteiger charge is -2.38. The minimum atomic E-state index is -0.984. The summed E-state index contributed by atoms with van der Waals surface area (Å²) in [5.41, 5.74) is 0. The Kier molecular flexibility index (Phi) is 4.06. The van der Waals surface area contributed by atoms with Crippen LogP contribution in [0.1, 0.15) is 32.6 Å². The van der Waals surface area contributed by atoms with Crippen LogP contribution in [0.25, 0.3) is 0 Å². The van der Waals surface area contributed by atoms with Crippen molar-refractivity contribution in [3.8, 4) is 0 Å². The van der Waals surface area contributed by atoms with Gasteiger partial charge in [-0.25, -0.2) is 9.59 Å². The highest BCUT2D eigenvalue weighted by Crippen LogP contribution is 2.29. The first-order chi connectivity index (χ1) is 8.63. The van der Waals surface area contributed by atoms with Gasteiger partial charge in [-0.1, -0.05) is 6.92 Å². The zero-order valence-electron chi connectivity index (χ0n) is 10.6. The van der Waals surface area contributed by atoms with Crippen LogP contribution in [-0.4, -0.2) is 53.3 Å². The molecule has 1 saturated heterocycles. The molecule has 0 aromatic rings. The summed E-state index contributed by atoms with van der Waals surface area (Å²) in [6.45, 7) is 2.83. The molecule has 0 bridgehead atoms. The standard InChI is InChI=1S/C12H20N2O4/c1-2-8(11(15)16)13-12(17)14-6-7-18-10-5-3-4-9(10)14/h8-10H,2-7H2,1H3,(H,13,17)(H,15,16)/t8-,9?,10?/m0/s1. The average Bonchev–Trinajstić information content (AvgIpc) is 2.82. The van der Waals surface area contributed by atoms with Crippen molar-refractivity contribution in [2.45, 2.75) is 50.8 Å². The van der Waals surface area contributed by atoms with Gasteiger partial charge in [-0.3, -0.25) is 0 Å². The molecule has 2 amide bonds. The van der Waals surface area contributed by atoms with E-state index in [-0.39, 0.29) is 18.2 Å².